The average Bonchev–Trinajstić information content (AvgIpc) is 2.75. The van der Waals surface area contributed by atoms with E-state index in [1.165, 1.54) is 20.8 Å². The van der Waals surface area contributed by atoms with E-state index in [4.69, 9.17) is 28.4 Å². The molecular formula is C23H37NO11. The van der Waals surface area contributed by atoms with Crippen LogP contribution in [-0.2, 0) is 52.4 Å². The van der Waals surface area contributed by atoms with Crippen LogP contribution in [0, 0.1) is 0 Å². The van der Waals surface area contributed by atoms with Crippen LogP contribution in [-0.4, -0.2) is 80.2 Å². The first-order valence-electron chi connectivity index (χ1n) is 11.7. The molecule has 35 heavy (non-hydrogen) atoms. The van der Waals surface area contributed by atoms with Gasteiger partial charge in [0, 0.05) is 40.7 Å². The molecule has 1 aliphatic heterocycles. The zero-order chi connectivity index (χ0) is 26.4. The number of unbranched alkanes of at least 4 members (excludes halogenated alkanes) is 2. The molecule has 1 rings (SSSR count). The quantitative estimate of drug-likeness (QED) is 0.206. The molecule has 0 radical (unpaired) electrons. The summed E-state index contributed by atoms with van der Waals surface area (Å²) in [4.78, 5) is 58.5. The van der Waals surface area contributed by atoms with E-state index in [1.54, 1.807) is 0 Å². The van der Waals surface area contributed by atoms with Crippen LogP contribution in [0.4, 0.5) is 0 Å². The molecule has 1 amide bonds. The fraction of sp³-hybridized carbons (Fsp3) is 0.783. The molecule has 200 valence electrons. The first kappa shape index (κ1) is 30.3. The highest BCUT2D eigenvalue weighted by Gasteiger charge is 2.51. The van der Waals surface area contributed by atoms with Gasteiger partial charge in [-0.25, -0.2) is 0 Å². The number of carbonyl (C=O) groups excluding carboxylic acids is 5. The second-order valence-corrected chi connectivity index (χ2v) is 8.12. The van der Waals surface area contributed by atoms with E-state index in [0.29, 0.717) is 19.4 Å². The molecule has 0 aromatic carbocycles. The lowest BCUT2D eigenvalue weighted by Gasteiger charge is -2.44. The van der Waals surface area contributed by atoms with Crippen molar-refractivity contribution in [3.63, 3.8) is 0 Å². The van der Waals surface area contributed by atoms with Crippen LogP contribution in [0.1, 0.15) is 66.7 Å². The van der Waals surface area contributed by atoms with Gasteiger partial charge in [0.05, 0.1) is 6.61 Å². The van der Waals surface area contributed by atoms with Crippen LogP contribution >= 0.6 is 0 Å². The molecule has 12 heteroatoms. The molecule has 1 aliphatic rings. The average molecular weight is 504 g/mol. The van der Waals surface area contributed by atoms with Gasteiger partial charge in [0.25, 0.3) is 0 Å². The Morgan fingerprint density at radius 2 is 1.46 bits per heavy atom. The third-order valence-electron chi connectivity index (χ3n) is 4.89. The Hall–Kier alpha value is -2.73. The Bertz CT molecular complexity index is 726. The minimum atomic E-state index is -1.18. The molecule has 0 saturated carbocycles. The van der Waals surface area contributed by atoms with Crippen molar-refractivity contribution in [3.05, 3.63) is 0 Å². The number of ether oxygens (including phenoxy) is 6. The lowest BCUT2D eigenvalue weighted by Crippen LogP contribution is -2.66. The summed E-state index contributed by atoms with van der Waals surface area (Å²) in [5.41, 5.74) is 0. The third kappa shape index (κ3) is 12.0. The molecule has 1 N–H and O–H groups in total. The molecule has 0 bridgehead atoms. The number of nitrogens with one attached hydrogen (secondary N) is 1. The molecule has 1 saturated heterocycles. The molecule has 12 nitrogen and oxygen atoms in total. The van der Waals surface area contributed by atoms with Crippen molar-refractivity contribution < 1.29 is 52.4 Å². The minimum absolute atomic E-state index is 0.147. The lowest BCUT2D eigenvalue weighted by molar-refractivity contribution is -0.277. The van der Waals surface area contributed by atoms with Gasteiger partial charge < -0.3 is 33.7 Å². The zero-order valence-corrected chi connectivity index (χ0v) is 21.0. The summed E-state index contributed by atoms with van der Waals surface area (Å²) < 4.78 is 32.6. The number of hydrogen-bond donors (Lipinski definition) is 1. The fourth-order valence-electron chi connectivity index (χ4n) is 3.41. The lowest BCUT2D eigenvalue weighted by atomic mass is 9.96. The Kier molecular flexibility index (Phi) is 13.9. The summed E-state index contributed by atoms with van der Waals surface area (Å²) in [5, 5.41) is 2.62. The Labute approximate surface area is 205 Å². The van der Waals surface area contributed by atoms with E-state index >= 15 is 0 Å². The SMILES string of the molecule is CCCCOC(=O)CCCCO[C@@H]1O[C@H](COC(C)=O)[C@H](OC(C)=O)[C@H](OC(C)=O)[C@H]1NC(C)=O. The molecular weight excluding hydrogens is 466 g/mol. The van der Waals surface area contributed by atoms with Crippen molar-refractivity contribution in [2.45, 2.75) is 97.4 Å². The molecule has 0 aromatic rings. The summed E-state index contributed by atoms with van der Waals surface area (Å²) in [7, 11) is 0. The number of carbonyl (C=O) groups is 5. The van der Waals surface area contributed by atoms with Crippen LogP contribution in [0.3, 0.4) is 0 Å². The van der Waals surface area contributed by atoms with Gasteiger partial charge in [-0.3, -0.25) is 24.0 Å². The standard InChI is InChI=1S/C23H37NO11/c1-6-7-11-30-19(29)10-8-9-12-31-23-20(24-14(2)25)22(34-17(5)28)21(33-16(4)27)18(35-23)13-32-15(3)26/h18,20-23H,6-13H2,1-5H3,(H,24,25)/t18-,20-,21+,22-,23-/m1/s1. The molecule has 5 atom stereocenters. The highest BCUT2D eigenvalue weighted by Crippen LogP contribution is 2.28. The first-order chi connectivity index (χ1) is 16.5. The van der Waals surface area contributed by atoms with E-state index in [0.717, 1.165) is 19.8 Å². The van der Waals surface area contributed by atoms with Crippen molar-refractivity contribution in [2.24, 2.45) is 0 Å². The van der Waals surface area contributed by atoms with Gasteiger partial charge in [-0.15, -0.1) is 0 Å². The first-order valence-corrected chi connectivity index (χ1v) is 11.7. The Morgan fingerprint density at radius 1 is 0.800 bits per heavy atom. The topological polar surface area (TPSA) is 153 Å². The highest BCUT2D eigenvalue weighted by atomic mass is 16.7. The van der Waals surface area contributed by atoms with E-state index in [9.17, 15) is 24.0 Å². The Morgan fingerprint density at radius 3 is 2.03 bits per heavy atom. The third-order valence-corrected chi connectivity index (χ3v) is 4.89. The predicted molar refractivity (Wildman–Crippen MR) is 120 cm³/mol. The van der Waals surface area contributed by atoms with Crippen molar-refractivity contribution in [3.8, 4) is 0 Å². The van der Waals surface area contributed by atoms with Gasteiger partial charge in [-0.05, 0) is 19.3 Å². The summed E-state index contributed by atoms with van der Waals surface area (Å²) in [6.45, 7) is 7.04. The largest absolute Gasteiger partial charge is 0.466 e. The zero-order valence-electron chi connectivity index (χ0n) is 21.0. The maximum Gasteiger partial charge on any atom is 0.305 e. The number of rotatable bonds is 14. The van der Waals surface area contributed by atoms with Crippen LogP contribution in [0.2, 0.25) is 0 Å². The summed E-state index contributed by atoms with van der Waals surface area (Å²) in [6, 6.07) is -1.02. The van der Waals surface area contributed by atoms with Crippen molar-refractivity contribution >= 4 is 29.8 Å². The number of esters is 4. The Balaban J connectivity index is 2.92. The molecule has 0 spiro atoms. The monoisotopic (exact) mass is 503 g/mol. The van der Waals surface area contributed by atoms with Gasteiger partial charge in [0.1, 0.15) is 18.8 Å². The number of amides is 1. The maximum atomic E-state index is 11.9. The van der Waals surface area contributed by atoms with Gasteiger partial charge in [-0.1, -0.05) is 13.3 Å². The van der Waals surface area contributed by atoms with Gasteiger partial charge in [-0.2, -0.15) is 0 Å². The number of hydrogen-bond acceptors (Lipinski definition) is 11. The van der Waals surface area contributed by atoms with E-state index in [2.05, 4.69) is 5.32 Å². The second-order valence-electron chi connectivity index (χ2n) is 8.12. The normalized spacial score (nSPS) is 23.6. The van der Waals surface area contributed by atoms with E-state index < -0.39 is 54.5 Å². The van der Waals surface area contributed by atoms with Gasteiger partial charge >= 0.3 is 23.9 Å². The predicted octanol–water partition coefficient (Wildman–Crippen LogP) is 1.17. The summed E-state index contributed by atoms with van der Waals surface area (Å²) >= 11 is 0. The smallest absolute Gasteiger partial charge is 0.305 e. The molecule has 0 unspecified atom stereocenters. The fourth-order valence-corrected chi connectivity index (χ4v) is 3.41. The van der Waals surface area contributed by atoms with Crippen LogP contribution < -0.4 is 5.32 Å². The molecule has 1 heterocycles. The van der Waals surface area contributed by atoms with Crippen LogP contribution in [0.5, 0.6) is 0 Å². The maximum absolute atomic E-state index is 11.9. The van der Waals surface area contributed by atoms with Crippen LogP contribution in [0.15, 0.2) is 0 Å². The van der Waals surface area contributed by atoms with Crippen molar-refractivity contribution in [1.82, 2.24) is 5.32 Å². The molecule has 0 aromatic heterocycles. The summed E-state index contributed by atoms with van der Waals surface area (Å²) in [6.07, 6.45) is -1.54. The minimum Gasteiger partial charge on any atom is -0.466 e. The van der Waals surface area contributed by atoms with E-state index in [1.807, 2.05) is 6.92 Å². The highest BCUT2D eigenvalue weighted by molar-refractivity contribution is 5.73. The van der Waals surface area contributed by atoms with E-state index in [-0.39, 0.29) is 25.6 Å². The van der Waals surface area contributed by atoms with Gasteiger partial charge in [0.2, 0.25) is 5.91 Å². The summed E-state index contributed by atoms with van der Waals surface area (Å²) in [5.74, 6) is -2.71. The van der Waals surface area contributed by atoms with Crippen molar-refractivity contribution in [2.75, 3.05) is 19.8 Å². The molecule has 0 aliphatic carbocycles. The van der Waals surface area contributed by atoms with Crippen molar-refractivity contribution in [1.29, 1.82) is 0 Å². The molecule has 1 fully saturated rings. The van der Waals surface area contributed by atoms with Crippen LogP contribution in [0.25, 0.3) is 0 Å². The second kappa shape index (κ2) is 16.0. The van der Waals surface area contributed by atoms with Gasteiger partial charge in [0.15, 0.2) is 18.5 Å².